The van der Waals surface area contributed by atoms with E-state index in [1.807, 2.05) is 6.07 Å². The standard InChI is InChI=1S/C17H27Cl2NO/c1-5-6-13(4)11-21-17-14(10-20-9-12(2)3)7-15(18)8-16(17)19/h7-8,12-13,20H,5-6,9-11H2,1-4H3. The van der Waals surface area contributed by atoms with Gasteiger partial charge in [0, 0.05) is 17.1 Å². The summed E-state index contributed by atoms with van der Waals surface area (Å²) in [4.78, 5) is 0. The summed E-state index contributed by atoms with van der Waals surface area (Å²) < 4.78 is 5.96. The van der Waals surface area contributed by atoms with Gasteiger partial charge in [0.2, 0.25) is 0 Å². The lowest BCUT2D eigenvalue weighted by Gasteiger charge is -2.17. The number of benzene rings is 1. The number of rotatable bonds is 9. The van der Waals surface area contributed by atoms with Gasteiger partial charge in [-0.15, -0.1) is 0 Å². The zero-order valence-corrected chi connectivity index (χ0v) is 15.0. The van der Waals surface area contributed by atoms with Gasteiger partial charge in [0.1, 0.15) is 5.75 Å². The van der Waals surface area contributed by atoms with Crippen LogP contribution in [0.2, 0.25) is 10.0 Å². The highest BCUT2D eigenvalue weighted by Crippen LogP contribution is 2.33. The largest absolute Gasteiger partial charge is 0.491 e. The molecule has 21 heavy (non-hydrogen) atoms. The molecule has 2 nitrogen and oxygen atoms in total. The van der Waals surface area contributed by atoms with Crippen LogP contribution in [0.25, 0.3) is 0 Å². The Hall–Kier alpha value is -0.440. The molecule has 1 rings (SSSR count). The second kappa shape index (κ2) is 9.55. The van der Waals surface area contributed by atoms with Crippen LogP contribution in [0, 0.1) is 11.8 Å². The predicted octanol–water partition coefficient (Wildman–Crippen LogP) is 5.55. The fourth-order valence-electron chi connectivity index (χ4n) is 2.20. The molecule has 0 saturated heterocycles. The van der Waals surface area contributed by atoms with Crippen molar-refractivity contribution in [3.63, 3.8) is 0 Å². The van der Waals surface area contributed by atoms with Gasteiger partial charge < -0.3 is 10.1 Å². The lowest BCUT2D eigenvalue weighted by Crippen LogP contribution is -2.20. The Kier molecular flexibility index (Phi) is 8.46. The molecule has 0 radical (unpaired) electrons. The van der Waals surface area contributed by atoms with E-state index in [0.717, 1.165) is 30.8 Å². The highest BCUT2D eigenvalue weighted by Gasteiger charge is 2.12. The summed E-state index contributed by atoms with van der Waals surface area (Å²) in [5.74, 6) is 1.90. The highest BCUT2D eigenvalue weighted by atomic mass is 35.5. The molecule has 0 saturated carbocycles. The molecule has 1 N–H and O–H groups in total. The lowest BCUT2D eigenvalue weighted by atomic mass is 10.1. The van der Waals surface area contributed by atoms with Crippen LogP contribution in [0.1, 0.15) is 46.1 Å². The summed E-state index contributed by atoms with van der Waals surface area (Å²) in [6.07, 6.45) is 2.33. The molecule has 0 aliphatic heterocycles. The van der Waals surface area contributed by atoms with Gasteiger partial charge in [0.15, 0.2) is 0 Å². The molecule has 4 heteroatoms. The fraction of sp³-hybridized carbons (Fsp3) is 0.647. The van der Waals surface area contributed by atoms with Gasteiger partial charge in [-0.05, 0) is 36.9 Å². The molecule has 1 unspecified atom stereocenters. The van der Waals surface area contributed by atoms with E-state index >= 15 is 0 Å². The number of halogens is 2. The number of ether oxygens (including phenoxy) is 1. The van der Waals surface area contributed by atoms with E-state index < -0.39 is 0 Å². The second-order valence-electron chi connectivity index (χ2n) is 6.11. The molecular weight excluding hydrogens is 305 g/mol. The van der Waals surface area contributed by atoms with Crippen molar-refractivity contribution < 1.29 is 4.74 Å². The van der Waals surface area contributed by atoms with Crippen LogP contribution in [0.15, 0.2) is 12.1 Å². The van der Waals surface area contributed by atoms with Crippen LogP contribution in [0.4, 0.5) is 0 Å². The summed E-state index contributed by atoms with van der Waals surface area (Å²) in [6.45, 7) is 11.1. The minimum absolute atomic E-state index is 0.526. The normalized spacial score (nSPS) is 12.7. The zero-order valence-electron chi connectivity index (χ0n) is 13.5. The van der Waals surface area contributed by atoms with E-state index in [-0.39, 0.29) is 0 Å². The van der Waals surface area contributed by atoms with Crippen molar-refractivity contribution >= 4 is 23.2 Å². The molecule has 0 bridgehead atoms. The smallest absolute Gasteiger partial charge is 0.142 e. The summed E-state index contributed by atoms with van der Waals surface area (Å²) in [6, 6.07) is 3.68. The van der Waals surface area contributed by atoms with Crippen LogP contribution in [-0.2, 0) is 6.54 Å². The Bertz CT molecular complexity index is 435. The second-order valence-corrected chi connectivity index (χ2v) is 6.95. The van der Waals surface area contributed by atoms with Crippen LogP contribution in [0.3, 0.4) is 0 Å². The molecule has 0 aromatic heterocycles. The maximum absolute atomic E-state index is 6.30. The summed E-state index contributed by atoms with van der Waals surface area (Å²) >= 11 is 12.4. The van der Waals surface area contributed by atoms with E-state index in [4.69, 9.17) is 27.9 Å². The summed E-state index contributed by atoms with van der Waals surface area (Å²) in [5.41, 5.74) is 1.02. The van der Waals surface area contributed by atoms with Gasteiger partial charge in [-0.1, -0.05) is 57.3 Å². The minimum atomic E-state index is 0.526. The summed E-state index contributed by atoms with van der Waals surface area (Å²) in [7, 11) is 0. The Morgan fingerprint density at radius 2 is 1.90 bits per heavy atom. The molecule has 0 amide bonds. The molecule has 0 aliphatic rings. The van der Waals surface area contributed by atoms with Crippen LogP contribution < -0.4 is 10.1 Å². The fourth-order valence-corrected chi connectivity index (χ4v) is 2.79. The molecule has 1 aromatic carbocycles. The van der Waals surface area contributed by atoms with E-state index in [9.17, 15) is 0 Å². The third-order valence-electron chi connectivity index (χ3n) is 3.25. The average molecular weight is 332 g/mol. The van der Waals surface area contributed by atoms with Crippen molar-refractivity contribution in [3.8, 4) is 5.75 Å². The number of hydrogen-bond acceptors (Lipinski definition) is 2. The van der Waals surface area contributed by atoms with Gasteiger partial charge in [-0.3, -0.25) is 0 Å². The van der Waals surface area contributed by atoms with Gasteiger partial charge >= 0.3 is 0 Å². The third kappa shape index (κ3) is 6.90. The minimum Gasteiger partial charge on any atom is -0.491 e. The summed E-state index contributed by atoms with van der Waals surface area (Å²) in [5, 5.41) is 4.65. The molecule has 0 spiro atoms. The molecular formula is C17H27Cl2NO. The Labute approximate surface area is 139 Å². The first kappa shape index (κ1) is 18.6. The first-order valence-electron chi connectivity index (χ1n) is 7.75. The Morgan fingerprint density at radius 1 is 1.19 bits per heavy atom. The molecule has 0 heterocycles. The Balaban J connectivity index is 2.75. The maximum Gasteiger partial charge on any atom is 0.142 e. The lowest BCUT2D eigenvalue weighted by molar-refractivity contribution is 0.249. The van der Waals surface area contributed by atoms with Gasteiger partial charge in [-0.2, -0.15) is 0 Å². The Morgan fingerprint density at radius 3 is 2.52 bits per heavy atom. The van der Waals surface area contributed by atoms with Crippen molar-refractivity contribution in [1.82, 2.24) is 5.32 Å². The molecule has 1 atom stereocenters. The topological polar surface area (TPSA) is 21.3 Å². The SMILES string of the molecule is CCCC(C)COc1c(Cl)cc(Cl)cc1CNCC(C)C. The van der Waals surface area contributed by atoms with Crippen LogP contribution >= 0.6 is 23.2 Å². The first-order valence-corrected chi connectivity index (χ1v) is 8.51. The first-order chi connectivity index (χ1) is 9.93. The maximum atomic E-state index is 6.30. The quantitative estimate of drug-likeness (QED) is 0.640. The van der Waals surface area contributed by atoms with Crippen molar-refractivity contribution in [3.05, 3.63) is 27.7 Å². The van der Waals surface area contributed by atoms with Crippen molar-refractivity contribution in [2.24, 2.45) is 11.8 Å². The van der Waals surface area contributed by atoms with Gasteiger partial charge in [0.05, 0.1) is 11.6 Å². The molecule has 1 aromatic rings. The number of hydrogen-bond donors (Lipinski definition) is 1. The molecule has 120 valence electrons. The number of nitrogens with one attached hydrogen (secondary N) is 1. The highest BCUT2D eigenvalue weighted by molar-refractivity contribution is 6.35. The van der Waals surface area contributed by atoms with Crippen molar-refractivity contribution in [1.29, 1.82) is 0 Å². The average Bonchev–Trinajstić information content (AvgIpc) is 2.37. The van der Waals surface area contributed by atoms with Crippen molar-refractivity contribution in [2.75, 3.05) is 13.2 Å². The van der Waals surface area contributed by atoms with Gasteiger partial charge in [0.25, 0.3) is 0 Å². The van der Waals surface area contributed by atoms with Crippen molar-refractivity contribution in [2.45, 2.75) is 47.1 Å². The van der Waals surface area contributed by atoms with Crippen LogP contribution in [-0.4, -0.2) is 13.2 Å². The third-order valence-corrected chi connectivity index (χ3v) is 3.75. The molecule has 0 fully saturated rings. The zero-order chi connectivity index (χ0) is 15.8. The monoisotopic (exact) mass is 331 g/mol. The van der Waals surface area contributed by atoms with E-state index in [1.165, 1.54) is 6.42 Å². The van der Waals surface area contributed by atoms with E-state index in [1.54, 1.807) is 6.07 Å². The van der Waals surface area contributed by atoms with E-state index in [0.29, 0.717) is 28.5 Å². The predicted molar refractivity (Wildman–Crippen MR) is 92.6 cm³/mol. The van der Waals surface area contributed by atoms with E-state index in [2.05, 4.69) is 33.0 Å². The van der Waals surface area contributed by atoms with Gasteiger partial charge in [-0.25, -0.2) is 0 Å². The van der Waals surface area contributed by atoms with Crippen LogP contribution in [0.5, 0.6) is 5.75 Å². The molecule has 0 aliphatic carbocycles.